The van der Waals surface area contributed by atoms with Crippen LogP contribution in [0.25, 0.3) is 0 Å². The van der Waals surface area contributed by atoms with E-state index >= 15 is 0 Å². The number of sulfonamides is 1. The normalized spacial score (nSPS) is 11.2. The van der Waals surface area contributed by atoms with Crippen molar-refractivity contribution in [3.63, 3.8) is 0 Å². The zero-order valence-corrected chi connectivity index (χ0v) is 12.8. The molecule has 0 spiro atoms. The highest BCUT2D eigenvalue weighted by atomic mass is 32.2. The minimum absolute atomic E-state index is 0.227. The highest BCUT2D eigenvalue weighted by molar-refractivity contribution is 7.92. The molecule has 0 bridgehead atoms. The number of hydrogen-bond donors (Lipinski definition) is 1. The molecule has 0 saturated heterocycles. The topological polar surface area (TPSA) is 72.6 Å². The summed E-state index contributed by atoms with van der Waals surface area (Å²) < 4.78 is 31.5. The fourth-order valence-electron chi connectivity index (χ4n) is 1.90. The lowest BCUT2D eigenvalue weighted by Gasteiger charge is -2.20. The van der Waals surface area contributed by atoms with Gasteiger partial charge in [0.1, 0.15) is 5.75 Å². The number of nitrogens with two attached hydrogens (primary N) is 1. The molecule has 2 aromatic rings. The van der Waals surface area contributed by atoms with Crippen molar-refractivity contribution in [2.45, 2.75) is 11.4 Å². The Labute approximate surface area is 125 Å². The Balaban J connectivity index is 2.37. The van der Waals surface area contributed by atoms with Crippen LogP contribution in [0.1, 0.15) is 5.56 Å². The number of ether oxygens (including phenoxy) is 1. The van der Waals surface area contributed by atoms with Gasteiger partial charge in [0.15, 0.2) is 0 Å². The van der Waals surface area contributed by atoms with E-state index in [1.807, 2.05) is 0 Å². The van der Waals surface area contributed by atoms with E-state index in [1.165, 1.54) is 11.4 Å². The molecule has 0 radical (unpaired) electrons. The first-order chi connectivity index (χ1) is 9.98. The van der Waals surface area contributed by atoms with Crippen molar-refractivity contribution in [1.29, 1.82) is 0 Å². The van der Waals surface area contributed by atoms with Gasteiger partial charge in [-0.3, -0.25) is 4.31 Å². The maximum atomic E-state index is 12.6. The minimum Gasteiger partial charge on any atom is -0.497 e. The van der Waals surface area contributed by atoms with Crippen molar-refractivity contribution >= 4 is 15.7 Å². The van der Waals surface area contributed by atoms with E-state index in [0.29, 0.717) is 18.0 Å². The van der Waals surface area contributed by atoms with E-state index in [4.69, 9.17) is 10.5 Å². The lowest BCUT2D eigenvalue weighted by Crippen LogP contribution is -2.26. The minimum atomic E-state index is -3.61. The summed E-state index contributed by atoms with van der Waals surface area (Å²) in [4.78, 5) is 0.227. The molecule has 0 aromatic heterocycles. The third kappa shape index (κ3) is 3.17. The highest BCUT2D eigenvalue weighted by Crippen LogP contribution is 2.25. The van der Waals surface area contributed by atoms with E-state index in [1.54, 1.807) is 55.6 Å². The van der Waals surface area contributed by atoms with Gasteiger partial charge in [-0.1, -0.05) is 18.2 Å². The average molecular weight is 306 g/mol. The summed E-state index contributed by atoms with van der Waals surface area (Å²) in [6.07, 6.45) is 0. The third-order valence-electron chi connectivity index (χ3n) is 3.23. The van der Waals surface area contributed by atoms with Crippen molar-refractivity contribution in [2.24, 2.45) is 5.73 Å². The predicted octanol–water partition coefficient (Wildman–Crippen LogP) is 1.98. The molecule has 0 atom stereocenters. The summed E-state index contributed by atoms with van der Waals surface area (Å²) in [5.74, 6) is 0.605. The highest BCUT2D eigenvalue weighted by Gasteiger charge is 2.21. The monoisotopic (exact) mass is 306 g/mol. The Morgan fingerprint density at radius 3 is 2.38 bits per heavy atom. The maximum Gasteiger partial charge on any atom is 0.264 e. The van der Waals surface area contributed by atoms with Gasteiger partial charge < -0.3 is 10.5 Å². The van der Waals surface area contributed by atoms with Crippen LogP contribution in [0.5, 0.6) is 5.75 Å². The molecule has 6 heteroatoms. The van der Waals surface area contributed by atoms with Gasteiger partial charge in [-0.15, -0.1) is 0 Å². The summed E-state index contributed by atoms with van der Waals surface area (Å²) in [5.41, 5.74) is 6.94. The van der Waals surface area contributed by atoms with Gasteiger partial charge in [0.05, 0.1) is 17.7 Å². The molecule has 2 N–H and O–H groups in total. The lowest BCUT2D eigenvalue weighted by atomic mass is 10.2. The van der Waals surface area contributed by atoms with Crippen LogP contribution in [0.4, 0.5) is 5.69 Å². The van der Waals surface area contributed by atoms with Crippen LogP contribution in [-0.4, -0.2) is 22.6 Å². The number of benzene rings is 2. The molecule has 0 heterocycles. The van der Waals surface area contributed by atoms with E-state index in [2.05, 4.69) is 0 Å². The number of rotatable bonds is 5. The molecular weight excluding hydrogens is 288 g/mol. The standard InChI is InChI=1S/C15H18N2O3S/c1-17(13-4-3-5-14(10-13)20-2)21(18,19)15-8-6-12(11-16)7-9-15/h3-10H,11,16H2,1-2H3. The van der Waals surface area contributed by atoms with Gasteiger partial charge in [-0.25, -0.2) is 8.42 Å². The number of nitrogens with zero attached hydrogens (tertiary/aromatic N) is 1. The van der Waals surface area contributed by atoms with Crippen molar-refractivity contribution in [3.8, 4) is 5.75 Å². The van der Waals surface area contributed by atoms with E-state index in [9.17, 15) is 8.42 Å². The number of anilines is 1. The van der Waals surface area contributed by atoms with Crippen molar-refractivity contribution in [3.05, 3.63) is 54.1 Å². The quantitative estimate of drug-likeness (QED) is 0.917. The van der Waals surface area contributed by atoms with Crippen LogP contribution in [0, 0.1) is 0 Å². The van der Waals surface area contributed by atoms with Gasteiger partial charge >= 0.3 is 0 Å². The number of methoxy groups -OCH3 is 1. The molecular formula is C15H18N2O3S. The summed E-state index contributed by atoms with van der Waals surface area (Å²) in [5, 5.41) is 0. The summed E-state index contributed by atoms with van der Waals surface area (Å²) in [6.45, 7) is 0.381. The molecule has 2 aromatic carbocycles. The van der Waals surface area contributed by atoms with Crippen LogP contribution >= 0.6 is 0 Å². The molecule has 112 valence electrons. The third-order valence-corrected chi connectivity index (χ3v) is 5.03. The van der Waals surface area contributed by atoms with E-state index < -0.39 is 10.0 Å². The second-order valence-electron chi connectivity index (χ2n) is 4.52. The molecule has 0 unspecified atom stereocenters. The second-order valence-corrected chi connectivity index (χ2v) is 6.49. The lowest BCUT2D eigenvalue weighted by molar-refractivity contribution is 0.415. The zero-order valence-electron chi connectivity index (χ0n) is 12.0. The molecule has 0 saturated carbocycles. The summed E-state index contributed by atoms with van der Waals surface area (Å²) in [6, 6.07) is 13.5. The van der Waals surface area contributed by atoms with Crippen LogP contribution in [-0.2, 0) is 16.6 Å². The van der Waals surface area contributed by atoms with Crippen molar-refractivity contribution in [2.75, 3.05) is 18.5 Å². The molecule has 2 rings (SSSR count). The van der Waals surface area contributed by atoms with Crippen molar-refractivity contribution < 1.29 is 13.2 Å². The summed E-state index contributed by atoms with van der Waals surface area (Å²) >= 11 is 0. The Hall–Kier alpha value is -2.05. The molecule has 21 heavy (non-hydrogen) atoms. The molecule has 5 nitrogen and oxygen atoms in total. The Kier molecular flexibility index (Phi) is 4.50. The second kappa shape index (κ2) is 6.15. The smallest absolute Gasteiger partial charge is 0.264 e. The van der Waals surface area contributed by atoms with Crippen LogP contribution in [0.3, 0.4) is 0 Å². The van der Waals surface area contributed by atoms with Gasteiger partial charge in [-0.05, 0) is 29.8 Å². The Morgan fingerprint density at radius 2 is 1.81 bits per heavy atom. The Bertz CT molecular complexity index is 712. The van der Waals surface area contributed by atoms with Gasteiger partial charge in [0.25, 0.3) is 10.0 Å². The van der Waals surface area contributed by atoms with E-state index in [-0.39, 0.29) is 4.90 Å². The van der Waals surface area contributed by atoms with Gasteiger partial charge in [-0.2, -0.15) is 0 Å². The molecule has 0 aliphatic heterocycles. The van der Waals surface area contributed by atoms with Gasteiger partial charge in [0.2, 0.25) is 0 Å². The largest absolute Gasteiger partial charge is 0.497 e. The SMILES string of the molecule is COc1cccc(N(C)S(=O)(=O)c2ccc(CN)cc2)c1. The summed E-state index contributed by atoms with van der Waals surface area (Å²) in [7, 11) is -0.549. The Morgan fingerprint density at radius 1 is 1.14 bits per heavy atom. The zero-order chi connectivity index (χ0) is 15.5. The molecule has 0 amide bonds. The fraction of sp³-hybridized carbons (Fsp3) is 0.200. The predicted molar refractivity (Wildman–Crippen MR) is 82.9 cm³/mol. The first kappa shape index (κ1) is 15.3. The first-order valence-electron chi connectivity index (χ1n) is 6.41. The van der Waals surface area contributed by atoms with Gasteiger partial charge in [0, 0.05) is 19.7 Å². The fourth-order valence-corrected chi connectivity index (χ4v) is 3.09. The van der Waals surface area contributed by atoms with Crippen LogP contribution < -0.4 is 14.8 Å². The first-order valence-corrected chi connectivity index (χ1v) is 7.85. The molecule has 0 aliphatic carbocycles. The van der Waals surface area contributed by atoms with Crippen LogP contribution in [0.2, 0.25) is 0 Å². The molecule has 0 fully saturated rings. The average Bonchev–Trinajstić information content (AvgIpc) is 2.54. The van der Waals surface area contributed by atoms with Crippen LogP contribution in [0.15, 0.2) is 53.4 Å². The number of hydrogen-bond acceptors (Lipinski definition) is 4. The maximum absolute atomic E-state index is 12.6. The molecule has 0 aliphatic rings. The van der Waals surface area contributed by atoms with E-state index in [0.717, 1.165) is 5.56 Å². The van der Waals surface area contributed by atoms with Crippen molar-refractivity contribution in [1.82, 2.24) is 0 Å².